The van der Waals surface area contributed by atoms with Gasteiger partial charge in [0.1, 0.15) is 11.9 Å². The van der Waals surface area contributed by atoms with Crippen LogP contribution in [-0.4, -0.2) is 52.9 Å². The lowest BCUT2D eigenvalue weighted by atomic mass is 10.2. The van der Waals surface area contributed by atoms with Gasteiger partial charge in [0.25, 0.3) is 0 Å². The third-order valence-electron chi connectivity index (χ3n) is 3.07. The minimum absolute atomic E-state index is 0.113. The minimum atomic E-state index is -0.921. The van der Waals surface area contributed by atoms with E-state index in [0.717, 1.165) is 5.76 Å². The SMILES string of the molecule is CC(CS(C)=O)NC(=O)N1CCOC(c2ccco2)C1. The van der Waals surface area contributed by atoms with Crippen molar-refractivity contribution in [3.05, 3.63) is 24.2 Å². The molecule has 1 fully saturated rings. The first-order valence-electron chi connectivity index (χ1n) is 6.56. The van der Waals surface area contributed by atoms with Crippen molar-refractivity contribution in [1.29, 1.82) is 0 Å². The molecule has 3 unspecified atom stereocenters. The van der Waals surface area contributed by atoms with Gasteiger partial charge in [-0.15, -0.1) is 0 Å². The fourth-order valence-electron chi connectivity index (χ4n) is 2.18. The molecule has 7 heteroatoms. The standard InChI is InChI=1S/C13H20N2O4S/c1-10(9-20(2)17)14-13(16)15-5-7-19-12(8-15)11-4-3-6-18-11/h3-4,6,10,12H,5,7-9H2,1-2H3,(H,14,16). The van der Waals surface area contributed by atoms with Crippen LogP contribution in [0.5, 0.6) is 0 Å². The molecular formula is C13H20N2O4S. The van der Waals surface area contributed by atoms with Gasteiger partial charge in [-0.2, -0.15) is 0 Å². The molecule has 3 atom stereocenters. The zero-order valence-corrected chi connectivity index (χ0v) is 12.5. The lowest BCUT2D eigenvalue weighted by Crippen LogP contribution is -2.50. The van der Waals surface area contributed by atoms with Gasteiger partial charge in [-0.3, -0.25) is 4.21 Å². The highest BCUT2D eigenvalue weighted by Crippen LogP contribution is 2.22. The van der Waals surface area contributed by atoms with E-state index in [1.54, 1.807) is 23.5 Å². The number of ether oxygens (including phenoxy) is 1. The Morgan fingerprint density at radius 3 is 3.10 bits per heavy atom. The molecule has 0 aliphatic carbocycles. The Morgan fingerprint density at radius 2 is 2.45 bits per heavy atom. The molecule has 1 aromatic rings. The number of rotatable bonds is 4. The molecule has 0 aromatic carbocycles. The lowest BCUT2D eigenvalue weighted by molar-refractivity contribution is -0.0262. The van der Waals surface area contributed by atoms with Gasteiger partial charge in [-0.25, -0.2) is 4.79 Å². The first-order valence-corrected chi connectivity index (χ1v) is 8.29. The first-order chi connectivity index (χ1) is 9.56. The second-order valence-electron chi connectivity index (χ2n) is 4.91. The van der Waals surface area contributed by atoms with E-state index in [9.17, 15) is 9.00 Å². The van der Waals surface area contributed by atoms with E-state index >= 15 is 0 Å². The Labute approximate surface area is 120 Å². The van der Waals surface area contributed by atoms with E-state index in [2.05, 4.69) is 5.32 Å². The second-order valence-corrected chi connectivity index (χ2v) is 6.39. The number of morpholine rings is 1. The Morgan fingerprint density at radius 1 is 1.65 bits per heavy atom. The van der Waals surface area contributed by atoms with Crippen LogP contribution >= 0.6 is 0 Å². The number of carbonyl (C=O) groups is 1. The molecule has 1 aromatic heterocycles. The summed E-state index contributed by atoms with van der Waals surface area (Å²) in [6.45, 7) is 3.34. The largest absolute Gasteiger partial charge is 0.467 e. The summed E-state index contributed by atoms with van der Waals surface area (Å²) >= 11 is 0. The van der Waals surface area contributed by atoms with Crippen molar-refractivity contribution in [2.45, 2.75) is 19.1 Å². The predicted octanol–water partition coefficient (Wildman–Crippen LogP) is 1.13. The highest BCUT2D eigenvalue weighted by Gasteiger charge is 2.27. The van der Waals surface area contributed by atoms with Crippen molar-refractivity contribution in [2.24, 2.45) is 0 Å². The van der Waals surface area contributed by atoms with Crippen LogP contribution in [0.1, 0.15) is 18.8 Å². The van der Waals surface area contributed by atoms with Crippen molar-refractivity contribution in [1.82, 2.24) is 10.2 Å². The first kappa shape index (κ1) is 15.1. The van der Waals surface area contributed by atoms with E-state index < -0.39 is 10.8 Å². The average Bonchev–Trinajstić information content (AvgIpc) is 2.91. The van der Waals surface area contributed by atoms with Crippen LogP contribution in [0.4, 0.5) is 4.79 Å². The summed E-state index contributed by atoms with van der Waals surface area (Å²) in [5.41, 5.74) is 0. The van der Waals surface area contributed by atoms with Crippen LogP contribution in [0.15, 0.2) is 22.8 Å². The summed E-state index contributed by atoms with van der Waals surface area (Å²) in [6, 6.07) is 3.38. The summed E-state index contributed by atoms with van der Waals surface area (Å²) in [7, 11) is -0.921. The van der Waals surface area contributed by atoms with Gasteiger partial charge in [0, 0.05) is 35.4 Å². The fourth-order valence-corrected chi connectivity index (χ4v) is 2.96. The van der Waals surface area contributed by atoms with Crippen LogP contribution in [0, 0.1) is 0 Å². The zero-order valence-electron chi connectivity index (χ0n) is 11.7. The van der Waals surface area contributed by atoms with E-state index in [1.807, 2.05) is 13.0 Å². The van der Waals surface area contributed by atoms with E-state index in [1.165, 1.54) is 0 Å². The van der Waals surface area contributed by atoms with Crippen molar-refractivity contribution in [2.75, 3.05) is 31.7 Å². The number of furan rings is 1. The van der Waals surface area contributed by atoms with Gasteiger partial charge in [-0.05, 0) is 19.1 Å². The summed E-state index contributed by atoms with van der Waals surface area (Å²) < 4.78 is 22.1. The smallest absolute Gasteiger partial charge is 0.317 e. The topological polar surface area (TPSA) is 71.8 Å². The Balaban J connectivity index is 1.88. The Bertz CT molecular complexity index is 463. The van der Waals surface area contributed by atoms with Crippen LogP contribution in [0.3, 0.4) is 0 Å². The van der Waals surface area contributed by atoms with E-state index in [0.29, 0.717) is 25.4 Å². The molecular weight excluding hydrogens is 280 g/mol. The molecule has 1 aliphatic heterocycles. The van der Waals surface area contributed by atoms with Gasteiger partial charge in [-0.1, -0.05) is 0 Å². The molecule has 2 heterocycles. The number of hydrogen-bond donors (Lipinski definition) is 1. The number of amides is 2. The fraction of sp³-hybridized carbons (Fsp3) is 0.615. The highest BCUT2D eigenvalue weighted by molar-refractivity contribution is 7.84. The summed E-state index contributed by atoms with van der Waals surface area (Å²) in [5.74, 6) is 1.18. The van der Waals surface area contributed by atoms with Gasteiger partial charge in [0.05, 0.1) is 19.4 Å². The van der Waals surface area contributed by atoms with Crippen molar-refractivity contribution in [3.63, 3.8) is 0 Å². The van der Waals surface area contributed by atoms with Crippen LogP contribution in [-0.2, 0) is 15.5 Å². The van der Waals surface area contributed by atoms with E-state index in [4.69, 9.17) is 9.15 Å². The molecule has 1 saturated heterocycles. The molecule has 0 saturated carbocycles. The molecule has 0 spiro atoms. The lowest BCUT2D eigenvalue weighted by Gasteiger charge is -2.32. The maximum Gasteiger partial charge on any atom is 0.317 e. The summed E-state index contributed by atoms with van der Waals surface area (Å²) in [6.07, 6.45) is 3.00. The highest BCUT2D eigenvalue weighted by atomic mass is 32.2. The molecule has 6 nitrogen and oxygen atoms in total. The third kappa shape index (κ3) is 4.08. The molecule has 2 rings (SSSR count). The molecule has 20 heavy (non-hydrogen) atoms. The summed E-state index contributed by atoms with van der Waals surface area (Å²) in [4.78, 5) is 13.8. The van der Waals surface area contributed by atoms with Gasteiger partial charge >= 0.3 is 6.03 Å². The van der Waals surface area contributed by atoms with Crippen LogP contribution in [0.2, 0.25) is 0 Å². The number of nitrogens with zero attached hydrogens (tertiary/aromatic N) is 1. The molecule has 1 aliphatic rings. The number of hydrogen-bond acceptors (Lipinski definition) is 4. The Kier molecular flexibility index (Phi) is 5.19. The quantitative estimate of drug-likeness (QED) is 0.905. The Hall–Kier alpha value is -1.34. The van der Waals surface area contributed by atoms with Gasteiger partial charge < -0.3 is 19.4 Å². The monoisotopic (exact) mass is 300 g/mol. The maximum atomic E-state index is 12.1. The number of urea groups is 1. The molecule has 2 amide bonds. The molecule has 112 valence electrons. The number of nitrogens with one attached hydrogen (secondary N) is 1. The minimum Gasteiger partial charge on any atom is -0.467 e. The summed E-state index contributed by atoms with van der Waals surface area (Å²) in [5, 5.41) is 2.85. The third-order valence-corrected chi connectivity index (χ3v) is 4.04. The zero-order chi connectivity index (χ0) is 14.5. The van der Waals surface area contributed by atoms with Gasteiger partial charge in [0.2, 0.25) is 0 Å². The van der Waals surface area contributed by atoms with Crippen LogP contribution in [0.25, 0.3) is 0 Å². The molecule has 1 N–H and O–H groups in total. The molecule has 0 bridgehead atoms. The maximum absolute atomic E-state index is 12.1. The van der Waals surface area contributed by atoms with E-state index in [-0.39, 0.29) is 18.2 Å². The number of carbonyl (C=O) groups excluding carboxylic acids is 1. The normalized spacial score (nSPS) is 22.3. The van der Waals surface area contributed by atoms with Crippen molar-refractivity contribution < 1.29 is 18.2 Å². The average molecular weight is 300 g/mol. The van der Waals surface area contributed by atoms with Crippen molar-refractivity contribution in [3.8, 4) is 0 Å². The second kappa shape index (κ2) is 6.90. The van der Waals surface area contributed by atoms with Crippen LogP contribution < -0.4 is 5.32 Å². The predicted molar refractivity (Wildman–Crippen MR) is 75.9 cm³/mol. The van der Waals surface area contributed by atoms with Crippen molar-refractivity contribution >= 4 is 16.8 Å². The van der Waals surface area contributed by atoms with Gasteiger partial charge in [0.15, 0.2) is 0 Å². The molecule has 0 radical (unpaired) electrons.